The first-order chi connectivity index (χ1) is 8.58. The van der Waals surface area contributed by atoms with Crippen LogP contribution in [-0.4, -0.2) is 30.4 Å². The Kier molecular flexibility index (Phi) is 4.02. The van der Waals surface area contributed by atoms with Gasteiger partial charge in [0.15, 0.2) is 0 Å². The molecule has 1 aromatic rings. The third-order valence-electron chi connectivity index (χ3n) is 3.67. The number of rotatable bonds is 3. The van der Waals surface area contributed by atoms with E-state index in [4.69, 9.17) is 0 Å². The normalized spacial score (nSPS) is 20.3. The molecule has 1 fully saturated rings. The zero-order chi connectivity index (χ0) is 13.1. The number of hydrogen-bond acceptors (Lipinski definition) is 2. The van der Waals surface area contributed by atoms with Crippen LogP contribution in [0.15, 0.2) is 24.3 Å². The fraction of sp³-hybridized carbons (Fsp3) is 0.533. The smallest absolute Gasteiger partial charge is 0.241 e. The van der Waals surface area contributed by atoms with Crippen LogP contribution in [0.5, 0.6) is 0 Å². The van der Waals surface area contributed by atoms with Crippen molar-refractivity contribution in [2.24, 2.45) is 0 Å². The van der Waals surface area contributed by atoms with Crippen LogP contribution < -0.4 is 5.32 Å². The van der Waals surface area contributed by atoms with E-state index in [0.717, 1.165) is 25.1 Å². The predicted molar refractivity (Wildman–Crippen MR) is 74.8 cm³/mol. The Bertz CT molecular complexity index is 411. The van der Waals surface area contributed by atoms with E-state index in [1.807, 2.05) is 19.2 Å². The second-order valence-electron chi connectivity index (χ2n) is 5.40. The van der Waals surface area contributed by atoms with Crippen molar-refractivity contribution in [3.63, 3.8) is 0 Å². The quantitative estimate of drug-likeness (QED) is 0.889. The van der Waals surface area contributed by atoms with Gasteiger partial charge in [0.25, 0.3) is 0 Å². The van der Waals surface area contributed by atoms with Crippen LogP contribution in [0.3, 0.4) is 0 Å². The van der Waals surface area contributed by atoms with Gasteiger partial charge in [-0.05, 0) is 50.0 Å². The van der Waals surface area contributed by atoms with E-state index < -0.39 is 0 Å². The first-order valence-electron chi connectivity index (χ1n) is 6.69. The van der Waals surface area contributed by atoms with Gasteiger partial charge in [-0.25, -0.2) is 0 Å². The summed E-state index contributed by atoms with van der Waals surface area (Å²) >= 11 is 0. The molecule has 18 heavy (non-hydrogen) atoms. The zero-order valence-electron chi connectivity index (χ0n) is 11.4. The minimum Gasteiger partial charge on any atom is -0.325 e. The molecule has 1 aliphatic rings. The Morgan fingerprint density at radius 2 is 2.00 bits per heavy atom. The van der Waals surface area contributed by atoms with E-state index in [2.05, 4.69) is 36.2 Å². The van der Waals surface area contributed by atoms with Crippen LogP contribution in [-0.2, 0) is 4.79 Å². The third-order valence-corrected chi connectivity index (χ3v) is 3.67. The lowest BCUT2D eigenvalue weighted by atomic mass is 10.0. The summed E-state index contributed by atoms with van der Waals surface area (Å²) in [5.74, 6) is 0.642. The predicted octanol–water partition coefficient (Wildman–Crippen LogP) is 2.84. The molecule has 0 spiro atoms. The number of nitrogens with zero attached hydrogens (tertiary/aromatic N) is 1. The molecular weight excluding hydrogens is 224 g/mol. The van der Waals surface area contributed by atoms with Crippen LogP contribution in [0.2, 0.25) is 0 Å². The van der Waals surface area contributed by atoms with Crippen molar-refractivity contribution in [1.82, 2.24) is 4.90 Å². The molecule has 0 saturated carbocycles. The van der Waals surface area contributed by atoms with Gasteiger partial charge in [0.1, 0.15) is 0 Å². The molecule has 1 aromatic carbocycles. The monoisotopic (exact) mass is 246 g/mol. The van der Waals surface area contributed by atoms with Gasteiger partial charge in [-0.2, -0.15) is 0 Å². The lowest BCUT2D eigenvalue weighted by Gasteiger charge is -2.18. The van der Waals surface area contributed by atoms with E-state index >= 15 is 0 Å². The Morgan fingerprint density at radius 3 is 2.50 bits per heavy atom. The highest BCUT2D eigenvalue weighted by Gasteiger charge is 2.27. The molecule has 1 N–H and O–H groups in total. The van der Waals surface area contributed by atoms with Crippen LogP contribution in [0.25, 0.3) is 0 Å². The number of carbonyl (C=O) groups is 1. The highest BCUT2D eigenvalue weighted by Crippen LogP contribution is 2.19. The second kappa shape index (κ2) is 5.53. The zero-order valence-corrected chi connectivity index (χ0v) is 11.4. The van der Waals surface area contributed by atoms with Gasteiger partial charge in [-0.15, -0.1) is 0 Å². The maximum atomic E-state index is 12.1. The maximum absolute atomic E-state index is 12.1. The van der Waals surface area contributed by atoms with E-state index in [1.165, 1.54) is 5.56 Å². The molecule has 0 radical (unpaired) electrons. The number of nitrogens with one attached hydrogen (secondary N) is 1. The largest absolute Gasteiger partial charge is 0.325 e. The van der Waals surface area contributed by atoms with Gasteiger partial charge in [0, 0.05) is 5.69 Å². The molecule has 0 aliphatic carbocycles. The SMILES string of the molecule is CC(C)c1ccc(NC(=O)C2CCCN2C)cc1. The minimum atomic E-state index is 0.0368. The number of benzene rings is 1. The number of hydrogen-bond donors (Lipinski definition) is 1. The molecule has 3 nitrogen and oxygen atoms in total. The molecule has 1 aliphatic heterocycles. The number of anilines is 1. The summed E-state index contributed by atoms with van der Waals surface area (Å²) in [5, 5.41) is 3.00. The summed E-state index contributed by atoms with van der Waals surface area (Å²) < 4.78 is 0. The van der Waals surface area contributed by atoms with Crippen LogP contribution in [0.1, 0.15) is 38.2 Å². The van der Waals surface area contributed by atoms with Crippen molar-refractivity contribution in [2.75, 3.05) is 18.9 Å². The van der Waals surface area contributed by atoms with Crippen LogP contribution in [0, 0.1) is 0 Å². The second-order valence-corrected chi connectivity index (χ2v) is 5.40. The number of likely N-dealkylation sites (N-methyl/N-ethyl adjacent to an activating group) is 1. The van der Waals surface area contributed by atoms with Gasteiger partial charge >= 0.3 is 0 Å². The first-order valence-corrected chi connectivity index (χ1v) is 6.69. The fourth-order valence-electron chi connectivity index (χ4n) is 2.42. The average Bonchev–Trinajstić information content (AvgIpc) is 2.76. The fourth-order valence-corrected chi connectivity index (χ4v) is 2.42. The molecule has 1 saturated heterocycles. The van der Waals surface area contributed by atoms with E-state index in [9.17, 15) is 4.79 Å². The van der Waals surface area contributed by atoms with E-state index in [0.29, 0.717) is 5.92 Å². The Hall–Kier alpha value is -1.35. The molecule has 1 amide bonds. The van der Waals surface area contributed by atoms with Crippen LogP contribution >= 0.6 is 0 Å². The molecule has 1 atom stereocenters. The number of likely N-dealkylation sites (tertiary alicyclic amines) is 1. The molecule has 98 valence electrons. The molecule has 2 rings (SSSR count). The van der Waals surface area contributed by atoms with Crippen molar-refractivity contribution >= 4 is 11.6 Å². The highest BCUT2D eigenvalue weighted by atomic mass is 16.2. The van der Waals surface area contributed by atoms with Crippen molar-refractivity contribution in [3.05, 3.63) is 29.8 Å². The molecule has 0 bridgehead atoms. The molecule has 3 heteroatoms. The Balaban J connectivity index is 1.98. The molecule has 1 heterocycles. The lowest BCUT2D eigenvalue weighted by molar-refractivity contribution is -0.119. The summed E-state index contributed by atoms with van der Waals surface area (Å²) in [4.78, 5) is 14.2. The van der Waals surface area contributed by atoms with Gasteiger partial charge in [-0.1, -0.05) is 26.0 Å². The number of amides is 1. The number of carbonyl (C=O) groups excluding carboxylic acids is 1. The lowest BCUT2D eigenvalue weighted by Crippen LogP contribution is -2.37. The maximum Gasteiger partial charge on any atom is 0.241 e. The summed E-state index contributed by atoms with van der Waals surface area (Å²) in [5.41, 5.74) is 2.19. The van der Waals surface area contributed by atoms with Crippen molar-refractivity contribution in [1.29, 1.82) is 0 Å². The summed E-state index contributed by atoms with van der Waals surface area (Å²) in [7, 11) is 2.01. The standard InChI is InChI=1S/C15H22N2O/c1-11(2)12-6-8-13(9-7-12)16-15(18)14-5-4-10-17(14)3/h6-9,11,14H,4-5,10H2,1-3H3,(H,16,18). The topological polar surface area (TPSA) is 32.3 Å². The van der Waals surface area contributed by atoms with Crippen molar-refractivity contribution in [2.45, 2.75) is 38.6 Å². The molecule has 0 aromatic heterocycles. The average molecular weight is 246 g/mol. The highest BCUT2D eigenvalue weighted by molar-refractivity contribution is 5.95. The van der Waals surface area contributed by atoms with E-state index in [1.54, 1.807) is 0 Å². The van der Waals surface area contributed by atoms with E-state index in [-0.39, 0.29) is 11.9 Å². The molecule has 1 unspecified atom stereocenters. The molecular formula is C15H22N2O. The Morgan fingerprint density at radius 1 is 1.33 bits per heavy atom. The summed E-state index contributed by atoms with van der Waals surface area (Å²) in [6, 6.07) is 8.18. The van der Waals surface area contributed by atoms with Gasteiger partial charge in [0.05, 0.1) is 6.04 Å². The van der Waals surface area contributed by atoms with Crippen molar-refractivity contribution < 1.29 is 4.79 Å². The van der Waals surface area contributed by atoms with Gasteiger partial charge < -0.3 is 5.32 Å². The third kappa shape index (κ3) is 2.91. The van der Waals surface area contributed by atoms with Crippen molar-refractivity contribution in [3.8, 4) is 0 Å². The summed E-state index contributed by atoms with van der Waals surface area (Å²) in [6.07, 6.45) is 2.08. The minimum absolute atomic E-state index is 0.0368. The Labute approximate surface area is 109 Å². The first kappa shape index (κ1) is 13.1. The van der Waals surface area contributed by atoms with Gasteiger partial charge in [-0.3, -0.25) is 9.69 Å². The van der Waals surface area contributed by atoms with Crippen LogP contribution in [0.4, 0.5) is 5.69 Å². The summed E-state index contributed by atoms with van der Waals surface area (Å²) in [6.45, 7) is 5.35. The van der Waals surface area contributed by atoms with Gasteiger partial charge in [0.2, 0.25) is 5.91 Å².